The summed E-state index contributed by atoms with van der Waals surface area (Å²) in [4.78, 5) is 24.8. The molecule has 1 heterocycles. The van der Waals surface area contributed by atoms with Gasteiger partial charge in [0, 0.05) is 20.9 Å². The monoisotopic (exact) mass is 575 g/mol. The maximum atomic E-state index is 12.7. The Bertz CT molecular complexity index is 1280. The van der Waals surface area contributed by atoms with Crippen molar-refractivity contribution < 1.29 is 23.1 Å². The van der Waals surface area contributed by atoms with Crippen molar-refractivity contribution in [2.75, 3.05) is 0 Å². The zero-order valence-corrected chi connectivity index (χ0v) is 20.6. The summed E-state index contributed by atoms with van der Waals surface area (Å²) >= 11 is 15.4. The molecule has 33 heavy (non-hydrogen) atoms. The Kier molecular flexibility index (Phi) is 8.19. The molecule has 0 fully saturated rings. The fourth-order valence-corrected chi connectivity index (χ4v) is 5.59. The van der Waals surface area contributed by atoms with Gasteiger partial charge in [0.2, 0.25) is 10.0 Å². The van der Waals surface area contributed by atoms with E-state index in [1.807, 2.05) is 0 Å². The number of Topliss-reactive ketones (excluding diaryl/α,β-unsaturated/α-hetero) is 1. The Morgan fingerprint density at radius 1 is 1.12 bits per heavy atom. The molecule has 3 rings (SSSR count). The molecular weight excluding hydrogens is 561 g/mol. The van der Waals surface area contributed by atoms with Crippen molar-refractivity contribution in [3.05, 3.63) is 68.4 Å². The van der Waals surface area contributed by atoms with E-state index < -0.39 is 40.8 Å². The molecule has 14 heteroatoms. The van der Waals surface area contributed by atoms with Crippen molar-refractivity contribution in [1.82, 2.24) is 24.9 Å². The zero-order valence-electron chi connectivity index (χ0n) is 16.7. The van der Waals surface area contributed by atoms with Crippen LogP contribution < -0.4 is 4.72 Å². The first-order chi connectivity index (χ1) is 15.6. The highest BCUT2D eigenvalue weighted by atomic mass is 79.9. The fraction of sp³-hybridized carbons (Fsp3) is 0.211. The number of sulfonamides is 1. The molecule has 1 unspecified atom stereocenters. The highest BCUT2D eigenvalue weighted by Crippen LogP contribution is 2.26. The Balaban J connectivity index is 1.76. The highest BCUT2D eigenvalue weighted by Gasteiger charge is 2.29. The van der Waals surface area contributed by atoms with E-state index in [0.717, 1.165) is 4.80 Å². The molecule has 3 aromatic rings. The van der Waals surface area contributed by atoms with Gasteiger partial charge in [-0.2, -0.15) is 9.52 Å². The van der Waals surface area contributed by atoms with Crippen molar-refractivity contribution >= 4 is 60.9 Å². The number of ketones is 1. The van der Waals surface area contributed by atoms with Gasteiger partial charge in [-0.25, -0.2) is 8.42 Å². The second kappa shape index (κ2) is 10.7. The van der Waals surface area contributed by atoms with Crippen LogP contribution in [0.25, 0.3) is 0 Å². The zero-order chi connectivity index (χ0) is 24.2. The van der Waals surface area contributed by atoms with Crippen LogP contribution in [0.3, 0.4) is 0 Å². The summed E-state index contributed by atoms with van der Waals surface area (Å²) in [6.45, 7) is -0.500. The Morgan fingerprint density at radius 3 is 2.42 bits per heavy atom. The van der Waals surface area contributed by atoms with Gasteiger partial charge in [-0.3, -0.25) is 9.59 Å². The lowest BCUT2D eigenvalue weighted by atomic mass is 10.1. The molecular formula is C19H16BrCl2N5O5S. The summed E-state index contributed by atoms with van der Waals surface area (Å²) in [7, 11) is -4.19. The molecule has 0 radical (unpaired) electrons. The summed E-state index contributed by atoms with van der Waals surface area (Å²) in [6, 6.07) is 9.40. The number of aliphatic carboxylic acids is 1. The average molecular weight is 577 g/mol. The number of aromatic nitrogens is 4. The minimum absolute atomic E-state index is 0.133. The lowest BCUT2D eigenvalue weighted by Gasteiger charge is -2.16. The van der Waals surface area contributed by atoms with Gasteiger partial charge in [0.05, 0.1) is 17.4 Å². The summed E-state index contributed by atoms with van der Waals surface area (Å²) in [5.74, 6) is -1.89. The van der Waals surface area contributed by atoms with E-state index in [1.165, 1.54) is 18.2 Å². The highest BCUT2D eigenvalue weighted by molar-refractivity contribution is 9.10. The third-order valence-electron chi connectivity index (χ3n) is 4.38. The molecule has 0 saturated carbocycles. The first-order valence-electron chi connectivity index (χ1n) is 9.28. The van der Waals surface area contributed by atoms with E-state index in [9.17, 15) is 18.0 Å². The van der Waals surface area contributed by atoms with Crippen molar-refractivity contribution in [2.45, 2.75) is 30.3 Å². The normalized spacial score (nSPS) is 12.5. The van der Waals surface area contributed by atoms with Crippen LogP contribution in [0.2, 0.25) is 10.0 Å². The molecule has 0 aliphatic heterocycles. The fourth-order valence-electron chi connectivity index (χ4n) is 2.83. The number of benzene rings is 2. The maximum Gasteiger partial charge on any atom is 0.305 e. The quantitative estimate of drug-likeness (QED) is 0.375. The number of carboxylic acid groups (broad SMARTS) is 1. The first-order valence-corrected chi connectivity index (χ1v) is 12.3. The minimum Gasteiger partial charge on any atom is -0.481 e. The second-order valence-corrected chi connectivity index (χ2v) is 10.1. The van der Waals surface area contributed by atoms with Crippen LogP contribution >= 0.6 is 39.1 Å². The van der Waals surface area contributed by atoms with Crippen LogP contribution in [0.4, 0.5) is 0 Å². The maximum absolute atomic E-state index is 12.7. The summed E-state index contributed by atoms with van der Waals surface area (Å²) in [5.41, 5.74) is 0.580. The van der Waals surface area contributed by atoms with Gasteiger partial charge in [-0.1, -0.05) is 41.4 Å². The van der Waals surface area contributed by atoms with Crippen LogP contribution in [0.15, 0.2) is 51.8 Å². The molecule has 0 bridgehead atoms. The number of nitrogens with zero attached hydrogens (tertiary/aromatic N) is 4. The SMILES string of the molecule is O=C(O)CC(NS(=O)(=O)c1ccccc1Br)C(=O)Cn1nnc(Cc2c(Cl)cccc2Cl)n1. The molecule has 2 aromatic carbocycles. The topological polar surface area (TPSA) is 144 Å². The van der Waals surface area contributed by atoms with Gasteiger partial charge in [0.1, 0.15) is 6.54 Å². The lowest BCUT2D eigenvalue weighted by Crippen LogP contribution is -2.44. The number of carbonyl (C=O) groups is 2. The summed E-state index contributed by atoms with van der Waals surface area (Å²) in [5, 5.41) is 21.7. The van der Waals surface area contributed by atoms with Crippen molar-refractivity contribution in [3.63, 3.8) is 0 Å². The Hall–Kier alpha value is -2.38. The van der Waals surface area contributed by atoms with E-state index in [2.05, 4.69) is 36.1 Å². The third-order valence-corrected chi connectivity index (χ3v) is 7.57. The van der Waals surface area contributed by atoms with Gasteiger partial charge >= 0.3 is 5.97 Å². The van der Waals surface area contributed by atoms with E-state index >= 15 is 0 Å². The number of rotatable bonds is 10. The Morgan fingerprint density at radius 2 is 1.79 bits per heavy atom. The molecule has 174 valence electrons. The van der Waals surface area contributed by atoms with Crippen LogP contribution in [-0.2, 0) is 32.6 Å². The molecule has 0 spiro atoms. The van der Waals surface area contributed by atoms with E-state index in [4.69, 9.17) is 28.3 Å². The smallest absolute Gasteiger partial charge is 0.305 e. The number of carboxylic acids is 1. The molecule has 0 amide bonds. The molecule has 0 saturated heterocycles. The number of carbonyl (C=O) groups excluding carboxylic acids is 1. The van der Waals surface area contributed by atoms with E-state index in [0.29, 0.717) is 15.6 Å². The number of nitrogens with one attached hydrogen (secondary N) is 1. The van der Waals surface area contributed by atoms with Gasteiger partial charge in [-0.05, 0) is 51.0 Å². The van der Waals surface area contributed by atoms with E-state index in [1.54, 1.807) is 24.3 Å². The van der Waals surface area contributed by atoms with Gasteiger partial charge in [-0.15, -0.1) is 10.2 Å². The average Bonchev–Trinajstić information content (AvgIpc) is 3.17. The molecule has 2 N–H and O–H groups in total. The van der Waals surface area contributed by atoms with Crippen LogP contribution in [0.5, 0.6) is 0 Å². The summed E-state index contributed by atoms with van der Waals surface area (Å²) in [6.07, 6.45) is -0.612. The predicted octanol–water partition coefficient (Wildman–Crippen LogP) is 2.72. The molecule has 0 aliphatic carbocycles. The summed E-state index contributed by atoms with van der Waals surface area (Å²) < 4.78 is 27.8. The van der Waals surface area contributed by atoms with Crippen LogP contribution in [0, 0.1) is 0 Å². The predicted molar refractivity (Wildman–Crippen MR) is 123 cm³/mol. The Labute approximate surface area is 207 Å². The number of hydrogen-bond donors (Lipinski definition) is 2. The number of halogens is 3. The van der Waals surface area contributed by atoms with Crippen molar-refractivity contribution in [2.24, 2.45) is 0 Å². The first kappa shape index (κ1) is 25.2. The van der Waals surface area contributed by atoms with Gasteiger partial charge in [0.25, 0.3) is 0 Å². The van der Waals surface area contributed by atoms with Crippen LogP contribution in [0.1, 0.15) is 17.8 Å². The van der Waals surface area contributed by atoms with Gasteiger partial charge < -0.3 is 5.11 Å². The van der Waals surface area contributed by atoms with Crippen molar-refractivity contribution in [3.8, 4) is 0 Å². The molecule has 1 aromatic heterocycles. The standard InChI is InChI=1S/C19H16BrCl2N5O5S/c20-12-4-1-2-7-17(12)33(31,32)25-15(9-19(29)30)16(28)10-27-24-18(23-26-27)8-11-13(21)5-3-6-14(11)22/h1-7,15,25H,8-10H2,(H,29,30). The number of hydrogen-bond acceptors (Lipinski definition) is 7. The number of tetrazole rings is 1. The third kappa shape index (κ3) is 6.58. The van der Waals surface area contributed by atoms with Gasteiger partial charge in [0.15, 0.2) is 11.6 Å². The second-order valence-electron chi connectivity index (χ2n) is 6.78. The largest absolute Gasteiger partial charge is 0.481 e. The van der Waals surface area contributed by atoms with Crippen LogP contribution in [-0.4, -0.2) is 51.5 Å². The molecule has 10 nitrogen and oxygen atoms in total. The minimum atomic E-state index is -4.19. The molecule has 0 aliphatic rings. The van der Waals surface area contributed by atoms with Crippen molar-refractivity contribution in [1.29, 1.82) is 0 Å². The lowest BCUT2D eigenvalue weighted by molar-refractivity contribution is -0.139. The van der Waals surface area contributed by atoms with E-state index in [-0.39, 0.29) is 21.6 Å². The molecule has 1 atom stereocenters.